The van der Waals surface area contributed by atoms with Gasteiger partial charge in [-0.25, -0.2) is 9.98 Å². The van der Waals surface area contributed by atoms with Crippen molar-refractivity contribution >= 4 is 35.8 Å². The van der Waals surface area contributed by atoms with Gasteiger partial charge in [-0.1, -0.05) is 36.4 Å². The summed E-state index contributed by atoms with van der Waals surface area (Å²) in [6.07, 6.45) is 1.86. The van der Waals surface area contributed by atoms with Crippen molar-refractivity contribution in [3.05, 3.63) is 59.8 Å². The highest BCUT2D eigenvalue weighted by Gasteiger charge is 2.18. The molecule has 1 fully saturated rings. The quantitative estimate of drug-likeness (QED) is 0.272. The molecule has 8 heteroatoms. The Kier molecular flexibility index (Phi) is 11.0. The summed E-state index contributed by atoms with van der Waals surface area (Å²) in [5.41, 5.74) is 2.24. The van der Waals surface area contributed by atoms with Crippen molar-refractivity contribution in [1.29, 1.82) is 0 Å². The number of aromatic nitrogens is 1. The van der Waals surface area contributed by atoms with E-state index in [9.17, 15) is 5.11 Å². The first-order valence-corrected chi connectivity index (χ1v) is 10.8. The van der Waals surface area contributed by atoms with Gasteiger partial charge >= 0.3 is 0 Å². The summed E-state index contributed by atoms with van der Waals surface area (Å²) in [6, 6.07) is 14.2. The normalized spacial score (nSPS) is 15.8. The first kappa shape index (κ1) is 25.4. The second-order valence-electron chi connectivity index (χ2n) is 7.64. The lowest BCUT2D eigenvalue weighted by molar-refractivity contribution is 0.265. The number of nitrogens with zero attached hydrogens (tertiary/aromatic N) is 4. The summed E-state index contributed by atoms with van der Waals surface area (Å²) in [5.74, 6) is 1.80. The Hall–Kier alpha value is -1.91. The molecule has 1 aromatic heterocycles. The van der Waals surface area contributed by atoms with Crippen LogP contribution in [-0.2, 0) is 6.54 Å². The van der Waals surface area contributed by atoms with Crippen LogP contribution in [0.2, 0.25) is 0 Å². The molecule has 0 radical (unpaired) electrons. The Balaban J connectivity index is 0.00000341. The molecule has 1 unspecified atom stereocenters. The van der Waals surface area contributed by atoms with Gasteiger partial charge in [0.05, 0.1) is 13.2 Å². The Morgan fingerprint density at radius 2 is 1.84 bits per heavy atom. The fraction of sp³-hybridized carbons (Fsp3) is 0.478. The molecule has 31 heavy (non-hydrogen) atoms. The lowest BCUT2D eigenvalue weighted by atomic mass is 10.0. The van der Waals surface area contributed by atoms with E-state index in [0.717, 1.165) is 55.6 Å². The molecule has 2 aromatic rings. The fourth-order valence-electron chi connectivity index (χ4n) is 3.60. The number of aliphatic hydroxyl groups is 1. The number of hydrogen-bond acceptors (Lipinski definition) is 5. The van der Waals surface area contributed by atoms with Crippen LogP contribution < -0.4 is 15.5 Å². The van der Waals surface area contributed by atoms with Gasteiger partial charge in [-0.3, -0.25) is 0 Å². The summed E-state index contributed by atoms with van der Waals surface area (Å²) < 4.78 is 0. The molecular weight excluding hydrogens is 503 g/mol. The molecular formula is C23H35IN6O. The molecule has 1 aliphatic heterocycles. The Morgan fingerprint density at radius 1 is 1.10 bits per heavy atom. The predicted molar refractivity (Wildman–Crippen MR) is 138 cm³/mol. The number of halogens is 1. The molecule has 2 heterocycles. The number of pyridine rings is 1. The van der Waals surface area contributed by atoms with Gasteiger partial charge in [0, 0.05) is 56.9 Å². The highest BCUT2D eigenvalue weighted by Crippen LogP contribution is 2.19. The van der Waals surface area contributed by atoms with Crippen LogP contribution in [0.4, 0.5) is 5.82 Å². The van der Waals surface area contributed by atoms with Gasteiger partial charge in [-0.15, -0.1) is 24.0 Å². The van der Waals surface area contributed by atoms with Crippen molar-refractivity contribution < 1.29 is 5.11 Å². The molecule has 1 saturated heterocycles. The van der Waals surface area contributed by atoms with Crippen LogP contribution in [0.3, 0.4) is 0 Å². The summed E-state index contributed by atoms with van der Waals surface area (Å²) in [7, 11) is 2.16. The molecule has 3 rings (SSSR count). The van der Waals surface area contributed by atoms with Gasteiger partial charge in [-0.2, -0.15) is 0 Å². The van der Waals surface area contributed by atoms with Gasteiger partial charge in [-0.05, 0) is 25.6 Å². The minimum atomic E-state index is 0. The molecule has 1 aliphatic rings. The number of aliphatic imine (C=N–C) groups is 1. The van der Waals surface area contributed by atoms with Crippen molar-refractivity contribution in [3.63, 3.8) is 0 Å². The van der Waals surface area contributed by atoms with Crippen molar-refractivity contribution in [2.75, 3.05) is 57.8 Å². The molecule has 170 valence electrons. The Labute approximate surface area is 203 Å². The van der Waals surface area contributed by atoms with E-state index in [1.807, 2.05) is 42.6 Å². The van der Waals surface area contributed by atoms with Crippen molar-refractivity contribution in [2.24, 2.45) is 4.99 Å². The fourth-order valence-corrected chi connectivity index (χ4v) is 3.60. The molecule has 0 amide bonds. The number of aliphatic hydroxyl groups excluding tert-OH is 1. The van der Waals surface area contributed by atoms with Crippen LogP contribution in [-0.4, -0.2) is 73.9 Å². The molecule has 0 aliphatic carbocycles. The topological polar surface area (TPSA) is 76.0 Å². The third kappa shape index (κ3) is 7.62. The number of likely N-dealkylation sites (N-methyl/N-ethyl adjacent to an activating group) is 1. The second kappa shape index (κ2) is 13.5. The van der Waals surface area contributed by atoms with Crippen molar-refractivity contribution in [2.45, 2.75) is 19.4 Å². The second-order valence-corrected chi connectivity index (χ2v) is 7.64. The zero-order valence-corrected chi connectivity index (χ0v) is 20.8. The smallest absolute Gasteiger partial charge is 0.191 e. The van der Waals surface area contributed by atoms with E-state index in [1.165, 1.54) is 0 Å². The molecule has 0 spiro atoms. The number of nitrogens with one attached hydrogen (secondary N) is 2. The van der Waals surface area contributed by atoms with E-state index in [2.05, 4.69) is 45.5 Å². The number of guanidine groups is 1. The van der Waals surface area contributed by atoms with E-state index in [0.29, 0.717) is 13.1 Å². The molecule has 0 bridgehead atoms. The van der Waals surface area contributed by atoms with Crippen LogP contribution >= 0.6 is 24.0 Å². The van der Waals surface area contributed by atoms with Crippen LogP contribution in [0.5, 0.6) is 0 Å². The largest absolute Gasteiger partial charge is 0.396 e. The summed E-state index contributed by atoms with van der Waals surface area (Å²) in [5, 5.41) is 16.5. The van der Waals surface area contributed by atoms with Crippen LogP contribution in [0.15, 0.2) is 53.7 Å². The van der Waals surface area contributed by atoms with Crippen molar-refractivity contribution in [3.8, 4) is 0 Å². The lowest BCUT2D eigenvalue weighted by Crippen LogP contribution is -2.45. The Bertz CT molecular complexity index is 796. The standard InChI is InChI=1S/C23H34N6O.HI/c1-3-24-23(27-17-21(18-30)19-8-5-4-6-9-19)26-16-20-10-7-11-25-22(20)29-14-12-28(2)13-15-29;/h4-11,21,30H,3,12-18H2,1-2H3,(H2,24,26,27);1H. The van der Waals surface area contributed by atoms with E-state index in [-0.39, 0.29) is 36.5 Å². The van der Waals surface area contributed by atoms with E-state index in [1.54, 1.807) is 0 Å². The maximum absolute atomic E-state index is 9.81. The summed E-state index contributed by atoms with van der Waals surface area (Å²) >= 11 is 0. The molecule has 0 saturated carbocycles. The molecule has 7 nitrogen and oxygen atoms in total. The average Bonchev–Trinajstić information content (AvgIpc) is 2.79. The number of rotatable bonds is 8. The van der Waals surface area contributed by atoms with Crippen LogP contribution in [0, 0.1) is 0 Å². The first-order chi connectivity index (χ1) is 14.7. The highest BCUT2D eigenvalue weighted by atomic mass is 127. The maximum Gasteiger partial charge on any atom is 0.191 e. The van der Waals surface area contributed by atoms with Gasteiger partial charge < -0.3 is 25.5 Å². The highest BCUT2D eigenvalue weighted by molar-refractivity contribution is 14.0. The molecule has 1 atom stereocenters. The minimum Gasteiger partial charge on any atom is -0.396 e. The zero-order chi connectivity index (χ0) is 21.2. The van der Waals surface area contributed by atoms with E-state index >= 15 is 0 Å². The Morgan fingerprint density at radius 3 is 2.52 bits per heavy atom. The summed E-state index contributed by atoms with van der Waals surface area (Å²) in [6.45, 7) is 8.15. The average molecular weight is 538 g/mol. The zero-order valence-electron chi connectivity index (χ0n) is 18.5. The van der Waals surface area contributed by atoms with Crippen molar-refractivity contribution in [1.82, 2.24) is 20.5 Å². The monoisotopic (exact) mass is 538 g/mol. The number of benzene rings is 1. The molecule has 1 aromatic carbocycles. The lowest BCUT2D eigenvalue weighted by Gasteiger charge is -2.34. The van der Waals surface area contributed by atoms with Crippen LogP contribution in [0.25, 0.3) is 0 Å². The van der Waals surface area contributed by atoms with Gasteiger partial charge in [0.2, 0.25) is 0 Å². The SMILES string of the molecule is CCNC(=NCc1cccnc1N1CCN(C)CC1)NCC(CO)c1ccccc1.I. The maximum atomic E-state index is 9.81. The van der Waals surface area contributed by atoms with Gasteiger partial charge in [0.25, 0.3) is 0 Å². The number of piperazine rings is 1. The number of anilines is 1. The number of hydrogen-bond donors (Lipinski definition) is 3. The van der Waals surface area contributed by atoms with Gasteiger partial charge in [0.1, 0.15) is 5.82 Å². The van der Waals surface area contributed by atoms with Gasteiger partial charge in [0.15, 0.2) is 5.96 Å². The van der Waals surface area contributed by atoms with E-state index < -0.39 is 0 Å². The summed E-state index contributed by atoms with van der Waals surface area (Å²) in [4.78, 5) is 14.1. The molecule has 3 N–H and O–H groups in total. The van der Waals surface area contributed by atoms with E-state index in [4.69, 9.17) is 4.99 Å². The predicted octanol–water partition coefficient (Wildman–Crippen LogP) is 2.28. The van der Waals surface area contributed by atoms with Crippen LogP contribution in [0.1, 0.15) is 24.0 Å². The third-order valence-corrected chi connectivity index (χ3v) is 5.43. The third-order valence-electron chi connectivity index (χ3n) is 5.43. The first-order valence-electron chi connectivity index (χ1n) is 10.8. The minimum absolute atomic E-state index is 0.